The van der Waals surface area contributed by atoms with Crippen molar-refractivity contribution in [3.05, 3.63) is 34.9 Å². The van der Waals surface area contributed by atoms with Crippen molar-refractivity contribution in [1.29, 1.82) is 0 Å². The van der Waals surface area contributed by atoms with Crippen LogP contribution in [0.15, 0.2) is 18.2 Å². The summed E-state index contributed by atoms with van der Waals surface area (Å²) >= 11 is 0. The summed E-state index contributed by atoms with van der Waals surface area (Å²) in [7, 11) is 1.67. The van der Waals surface area contributed by atoms with Gasteiger partial charge >= 0.3 is 5.97 Å². The number of carboxylic acids is 1. The zero-order chi connectivity index (χ0) is 11.1. The monoisotopic (exact) mass is 206 g/mol. The highest BCUT2D eigenvalue weighted by atomic mass is 16.5. The summed E-state index contributed by atoms with van der Waals surface area (Å²) in [5.74, 6) is -0.797. The molecule has 0 fully saturated rings. The van der Waals surface area contributed by atoms with Crippen LogP contribution in [0, 0.1) is 0 Å². The molecule has 0 aliphatic heterocycles. The van der Waals surface area contributed by atoms with Gasteiger partial charge in [0.25, 0.3) is 0 Å². The summed E-state index contributed by atoms with van der Waals surface area (Å²) in [5, 5.41) is 8.81. The number of benzene rings is 1. The van der Waals surface area contributed by atoms with Gasteiger partial charge in [0.15, 0.2) is 0 Å². The van der Waals surface area contributed by atoms with Crippen LogP contribution in [0.3, 0.4) is 0 Å². The minimum Gasteiger partial charge on any atom is -0.481 e. The molecule has 0 bridgehead atoms. The maximum absolute atomic E-state index is 10.7. The number of rotatable bonds is 3. The largest absolute Gasteiger partial charge is 0.481 e. The smallest absolute Gasteiger partial charge is 0.307 e. The Balaban J connectivity index is 2.41. The Morgan fingerprint density at radius 2 is 2.33 bits per heavy atom. The molecule has 1 aromatic rings. The third-order valence-electron chi connectivity index (χ3n) is 3.09. The number of carbonyl (C=O) groups is 1. The van der Waals surface area contributed by atoms with E-state index >= 15 is 0 Å². The van der Waals surface area contributed by atoms with Gasteiger partial charge in [0, 0.05) is 13.5 Å². The Bertz CT molecular complexity index is 411. The number of hydrogen-bond donors (Lipinski definition) is 1. The number of methoxy groups -OCH3 is 1. The average Bonchev–Trinajstić information content (AvgIpc) is 2.14. The van der Waals surface area contributed by atoms with Gasteiger partial charge in [-0.05, 0) is 23.6 Å². The van der Waals surface area contributed by atoms with E-state index in [-0.39, 0.29) is 12.0 Å². The zero-order valence-corrected chi connectivity index (χ0v) is 8.91. The fourth-order valence-corrected chi connectivity index (χ4v) is 2.31. The van der Waals surface area contributed by atoms with E-state index < -0.39 is 5.97 Å². The lowest BCUT2D eigenvalue weighted by atomic mass is 9.71. The van der Waals surface area contributed by atoms with E-state index in [2.05, 4.69) is 0 Å². The lowest BCUT2D eigenvalue weighted by Gasteiger charge is -2.41. The highest BCUT2D eigenvalue weighted by molar-refractivity contribution is 5.71. The zero-order valence-electron chi connectivity index (χ0n) is 8.91. The summed E-state index contributed by atoms with van der Waals surface area (Å²) in [4.78, 5) is 10.7. The first kappa shape index (κ1) is 10.2. The summed E-state index contributed by atoms with van der Waals surface area (Å²) < 4.78 is 5.43. The number of fused-ring (bicyclic) bond motifs is 1. The Kier molecular flexibility index (Phi) is 2.27. The van der Waals surface area contributed by atoms with E-state index in [1.165, 1.54) is 5.56 Å². The molecule has 0 saturated carbocycles. The predicted molar refractivity (Wildman–Crippen MR) is 55.8 cm³/mol. The van der Waals surface area contributed by atoms with Crippen LogP contribution in [-0.2, 0) is 28.0 Å². The van der Waals surface area contributed by atoms with Crippen LogP contribution in [0.25, 0.3) is 0 Å². The SMILES string of the molecule is COC1(C)Cc2cccc(CC(=O)O)c21. The van der Waals surface area contributed by atoms with Crippen molar-refractivity contribution in [2.45, 2.75) is 25.4 Å². The Labute approximate surface area is 88.7 Å². The molecular weight excluding hydrogens is 192 g/mol. The molecule has 15 heavy (non-hydrogen) atoms. The highest BCUT2D eigenvalue weighted by Gasteiger charge is 2.40. The van der Waals surface area contributed by atoms with Crippen LogP contribution in [-0.4, -0.2) is 18.2 Å². The number of hydrogen-bond acceptors (Lipinski definition) is 2. The van der Waals surface area contributed by atoms with Gasteiger partial charge in [-0.15, -0.1) is 0 Å². The van der Waals surface area contributed by atoms with Crippen molar-refractivity contribution in [1.82, 2.24) is 0 Å². The molecule has 3 nitrogen and oxygen atoms in total. The average molecular weight is 206 g/mol. The molecule has 0 amide bonds. The van der Waals surface area contributed by atoms with E-state index in [4.69, 9.17) is 9.84 Å². The molecule has 3 heteroatoms. The van der Waals surface area contributed by atoms with Crippen LogP contribution in [0.1, 0.15) is 23.6 Å². The molecule has 0 spiro atoms. The third-order valence-corrected chi connectivity index (χ3v) is 3.09. The Morgan fingerprint density at radius 1 is 1.60 bits per heavy atom. The summed E-state index contributed by atoms with van der Waals surface area (Å²) in [5.41, 5.74) is 2.85. The van der Waals surface area contributed by atoms with Gasteiger partial charge in [-0.2, -0.15) is 0 Å². The van der Waals surface area contributed by atoms with Gasteiger partial charge < -0.3 is 9.84 Å². The molecule has 1 aliphatic rings. The number of ether oxygens (including phenoxy) is 1. The van der Waals surface area contributed by atoms with Gasteiger partial charge in [-0.25, -0.2) is 0 Å². The quantitative estimate of drug-likeness (QED) is 0.819. The second-order valence-corrected chi connectivity index (χ2v) is 4.13. The fraction of sp³-hybridized carbons (Fsp3) is 0.417. The molecule has 0 radical (unpaired) electrons. The number of aliphatic carboxylic acids is 1. The maximum Gasteiger partial charge on any atom is 0.307 e. The molecule has 0 heterocycles. The van der Waals surface area contributed by atoms with Crippen LogP contribution < -0.4 is 0 Å². The van der Waals surface area contributed by atoms with Crippen molar-refractivity contribution in [2.75, 3.05) is 7.11 Å². The van der Waals surface area contributed by atoms with Crippen molar-refractivity contribution < 1.29 is 14.6 Å². The van der Waals surface area contributed by atoms with Crippen LogP contribution in [0.2, 0.25) is 0 Å². The van der Waals surface area contributed by atoms with E-state index in [1.54, 1.807) is 7.11 Å². The fourth-order valence-electron chi connectivity index (χ4n) is 2.31. The summed E-state index contributed by atoms with van der Waals surface area (Å²) in [6.07, 6.45) is 0.939. The Hall–Kier alpha value is -1.35. The molecular formula is C12H14O3. The maximum atomic E-state index is 10.7. The topological polar surface area (TPSA) is 46.5 Å². The highest BCUT2D eigenvalue weighted by Crippen LogP contribution is 2.43. The van der Waals surface area contributed by atoms with Crippen molar-refractivity contribution >= 4 is 5.97 Å². The minimum absolute atomic E-state index is 0.0716. The van der Waals surface area contributed by atoms with Crippen molar-refractivity contribution in [3.8, 4) is 0 Å². The van der Waals surface area contributed by atoms with E-state index in [9.17, 15) is 4.79 Å². The van der Waals surface area contributed by atoms with Gasteiger partial charge in [-0.1, -0.05) is 18.2 Å². The number of carboxylic acid groups (broad SMARTS) is 1. The van der Waals surface area contributed by atoms with Gasteiger partial charge in [-0.3, -0.25) is 4.79 Å². The lowest BCUT2D eigenvalue weighted by molar-refractivity contribution is -0.136. The predicted octanol–water partition coefficient (Wildman–Crippen LogP) is 1.73. The van der Waals surface area contributed by atoms with Gasteiger partial charge in [0.1, 0.15) is 0 Å². The van der Waals surface area contributed by atoms with Crippen molar-refractivity contribution in [2.24, 2.45) is 0 Å². The van der Waals surface area contributed by atoms with Crippen LogP contribution >= 0.6 is 0 Å². The molecule has 1 unspecified atom stereocenters. The molecule has 1 N–H and O–H groups in total. The first-order valence-corrected chi connectivity index (χ1v) is 4.95. The lowest BCUT2D eigenvalue weighted by Crippen LogP contribution is -2.39. The standard InChI is InChI=1S/C12H14O3/c1-12(15-2)7-9-5-3-4-8(11(9)12)6-10(13)14/h3-5H,6-7H2,1-2H3,(H,13,14). The molecule has 2 rings (SSSR count). The van der Waals surface area contributed by atoms with E-state index in [0.29, 0.717) is 0 Å². The Morgan fingerprint density at radius 3 is 2.93 bits per heavy atom. The van der Waals surface area contributed by atoms with E-state index in [0.717, 1.165) is 17.5 Å². The van der Waals surface area contributed by atoms with Crippen LogP contribution in [0.5, 0.6) is 0 Å². The summed E-state index contributed by atoms with van der Waals surface area (Å²) in [6, 6.07) is 5.80. The first-order valence-electron chi connectivity index (χ1n) is 4.95. The second-order valence-electron chi connectivity index (χ2n) is 4.13. The minimum atomic E-state index is -0.797. The molecule has 80 valence electrons. The normalized spacial score (nSPS) is 23.1. The summed E-state index contributed by atoms with van der Waals surface area (Å²) in [6.45, 7) is 2.00. The van der Waals surface area contributed by atoms with E-state index in [1.807, 2.05) is 25.1 Å². The molecule has 1 aromatic carbocycles. The molecule has 1 aliphatic carbocycles. The van der Waals surface area contributed by atoms with Crippen LogP contribution in [0.4, 0.5) is 0 Å². The molecule has 1 atom stereocenters. The van der Waals surface area contributed by atoms with Crippen molar-refractivity contribution in [3.63, 3.8) is 0 Å². The van der Waals surface area contributed by atoms with Gasteiger partial charge in [0.2, 0.25) is 0 Å². The molecule has 0 aromatic heterocycles. The third kappa shape index (κ3) is 1.53. The second kappa shape index (κ2) is 3.35. The molecule has 0 saturated heterocycles. The van der Waals surface area contributed by atoms with Gasteiger partial charge in [0.05, 0.1) is 12.0 Å². The first-order chi connectivity index (χ1) is 7.07.